The Labute approximate surface area is 173 Å². The van der Waals surface area contributed by atoms with Gasteiger partial charge in [0, 0.05) is 18.4 Å². The number of thiophene rings is 1. The van der Waals surface area contributed by atoms with Crippen LogP contribution in [0, 0.1) is 12.3 Å². The van der Waals surface area contributed by atoms with E-state index in [-0.39, 0.29) is 11.8 Å². The number of amides is 2. The summed E-state index contributed by atoms with van der Waals surface area (Å²) in [5, 5.41) is 7.67. The molecule has 5 nitrogen and oxygen atoms in total. The third kappa shape index (κ3) is 4.97. The molecule has 0 aliphatic heterocycles. The molecule has 7 heteroatoms. The smallest absolute Gasteiger partial charge is 0.261 e. The number of hydrogen-bond acceptors (Lipinski definition) is 5. The van der Waals surface area contributed by atoms with Crippen LogP contribution in [0.5, 0.6) is 0 Å². The van der Waals surface area contributed by atoms with Crippen molar-refractivity contribution < 1.29 is 9.59 Å². The maximum absolute atomic E-state index is 12.5. The van der Waals surface area contributed by atoms with Gasteiger partial charge in [-0.2, -0.15) is 0 Å². The van der Waals surface area contributed by atoms with E-state index in [1.54, 1.807) is 11.3 Å². The molecule has 2 aromatic heterocycles. The monoisotopic (exact) mass is 415 g/mol. The summed E-state index contributed by atoms with van der Waals surface area (Å²) in [6, 6.07) is 9.96. The van der Waals surface area contributed by atoms with E-state index in [0.717, 1.165) is 28.9 Å². The summed E-state index contributed by atoms with van der Waals surface area (Å²) >= 11 is 3.02. The molecule has 0 aliphatic rings. The zero-order valence-electron chi connectivity index (χ0n) is 16.6. The number of rotatable bonds is 6. The zero-order valence-corrected chi connectivity index (χ0v) is 18.2. The van der Waals surface area contributed by atoms with Gasteiger partial charge in [-0.25, -0.2) is 4.98 Å². The lowest BCUT2D eigenvalue weighted by atomic mass is 9.96. The number of thiazole rings is 1. The number of nitrogens with one attached hydrogen (secondary N) is 2. The summed E-state index contributed by atoms with van der Waals surface area (Å²) in [6.45, 7) is 8.07. The number of carbonyl (C=O) groups is 2. The number of fused-ring (bicyclic) bond motifs is 1. The molecule has 0 aliphatic carbocycles. The summed E-state index contributed by atoms with van der Waals surface area (Å²) in [4.78, 5) is 29.9. The van der Waals surface area contributed by atoms with E-state index in [2.05, 4.69) is 21.7 Å². The number of anilines is 1. The molecule has 0 spiro atoms. The summed E-state index contributed by atoms with van der Waals surface area (Å²) in [5.41, 5.74) is 1.43. The van der Waals surface area contributed by atoms with Crippen LogP contribution in [-0.4, -0.2) is 23.3 Å². The number of hydrogen-bond donors (Lipinski definition) is 2. The summed E-state index contributed by atoms with van der Waals surface area (Å²) in [7, 11) is 0. The second-order valence-corrected chi connectivity index (χ2v) is 9.93. The Kier molecular flexibility index (Phi) is 6.15. The molecule has 2 N–H and O–H groups in total. The molecular weight excluding hydrogens is 390 g/mol. The average molecular weight is 416 g/mol. The SMILES string of the molecule is Cc1cc(NC(=O)C(C)(C)C)sc1C(=O)NCCCc1nc2ccccc2s1. The number of nitrogens with zero attached hydrogens (tertiary/aromatic N) is 1. The number of aryl methyl sites for hydroxylation is 2. The summed E-state index contributed by atoms with van der Waals surface area (Å²) in [6.07, 6.45) is 1.68. The van der Waals surface area contributed by atoms with E-state index in [0.29, 0.717) is 16.4 Å². The van der Waals surface area contributed by atoms with Crippen LogP contribution in [0.15, 0.2) is 30.3 Å². The van der Waals surface area contributed by atoms with E-state index in [9.17, 15) is 9.59 Å². The Bertz CT molecular complexity index is 966. The first-order chi connectivity index (χ1) is 13.2. The Hall–Kier alpha value is -2.25. The highest BCUT2D eigenvalue weighted by molar-refractivity contribution is 7.18. The highest BCUT2D eigenvalue weighted by Gasteiger charge is 2.23. The van der Waals surface area contributed by atoms with Gasteiger partial charge in [0.15, 0.2) is 0 Å². The first-order valence-electron chi connectivity index (χ1n) is 9.28. The molecule has 3 aromatic rings. The minimum Gasteiger partial charge on any atom is -0.351 e. The van der Waals surface area contributed by atoms with Gasteiger partial charge in [-0.3, -0.25) is 9.59 Å². The van der Waals surface area contributed by atoms with Crippen molar-refractivity contribution in [3.63, 3.8) is 0 Å². The van der Waals surface area contributed by atoms with Crippen LogP contribution in [0.1, 0.15) is 47.4 Å². The summed E-state index contributed by atoms with van der Waals surface area (Å²) < 4.78 is 1.19. The van der Waals surface area contributed by atoms with Gasteiger partial charge in [-0.15, -0.1) is 22.7 Å². The predicted octanol–water partition coefficient (Wildman–Crippen LogP) is 5.01. The van der Waals surface area contributed by atoms with Crippen molar-refractivity contribution in [2.45, 2.75) is 40.5 Å². The lowest BCUT2D eigenvalue weighted by Crippen LogP contribution is -2.27. The second kappa shape index (κ2) is 8.41. The van der Waals surface area contributed by atoms with Gasteiger partial charge >= 0.3 is 0 Å². The van der Waals surface area contributed by atoms with E-state index in [1.807, 2.05) is 52.0 Å². The largest absolute Gasteiger partial charge is 0.351 e. The number of benzene rings is 1. The lowest BCUT2D eigenvalue weighted by molar-refractivity contribution is -0.123. The van der Waals surface area contributed by atoms with Crippen molar-refractivity contribution in [2.24, 2.45) is 5.41 Å². The fourth-order valence-electron chi connectivity index (χ4n) is 2.62. The minimum absolute atomic E-state index is 0.0588. The summed E-state index contributed by atoms with van der Waals surface area (Å²) in [5.74, 6) is -0.153. The molecule has 0 atom stereocenters. The molecule has 0 fully saturated rings. The van der Waals surface area contributed by atoms with Crippen LogP contribution in [0.2, 0.25) is 0 Å². The highest BCUT2D eigenvalue weighted by Crippen LogP contribution is 2.28. The second-order valence-electron chi connectivity index (χ2n) is 7.76. The molecule has 0 saturated carbocycles. The van der Waals surface area contributed by atoms with Crippen molar-refractivity contribution in [3.8, 4) is 0 Å². The lowest BCUT2D eigenvalue weighted by Gasteiger charge is -2.16. The molecule has 28 heavy (non-hydrogen) atoms. The maximum Gasteiger partial charge on any atom is 0.261 e. The van der Waals surface area contributed by atoms with E-state index in [1.165, 1.54) is 16.0 Å². The van der Waals surface area contributed by atoms with Gasteiger partial charge in [-0.05, 0) is 37.1 Å². The van der Waals surface area contributed by atoms with E-state index in [4.69, 9.17) is 0 Å². The Balaban J connectivity index is 1.51. The van der Waals surface area contributed by atoms with Crippen molar-refractivity contribution >= 4 is 49.7 Å². The number of para-hydroxylation sites is 1. The van der Waals surface area contributed by atoms with Crippen LogP contribution in [-0.2, 0) is 11.2 Å². The normalized spacial score (nSPS) is 11.6. The molecule has 1 aromatic carbocycles. The zero-order chi connectivity index (χ0) is 20.3. The Morgan fingerprint density at radius 2 is 1.89 bits per heavy atom. The average Bonchev–Trinajstić information content (AvgIpc) is 3.20. The van der Waals surface area contributed by atoms with Crippen LogP contribution in [0.25, 0.3) is 10.2 Å². The van der Waals surface area contributed by atoms with Gasteiger partial charge in [0.05, 0.1) is 25.1 Å². The van der Waals surface area contributed by atoms with Gasteiger partial charge in [0.1, 0.15) is 0 Å². The molecule has 2 amide bonds. The number of aromatic nitrogens is 1. The van der Waals surface area contributed by atoms with Gasteiger partial charge < -0.3 is 10.6 Å². The van der Waals surface area contributed by atoms with Crippen LogP contribution in [0.3, 0.4) is 0 Å². The van der Waals surface area contributed by atoms with Crippen molar-refractivity contribution in [1.82, 2.24) is 10.3 Å². The van der Waals surface area contributed by atoms with Crippen molar-refractivity contribution in [1.29, 1.82) is 0 Å². The van der Waals surface area contributed by atoms with Gasteiger partial charge in [0.25, 0.3) is 5.91 Å². The Morgan fingerprint density at radius 1 is 1.14 bits per heavy atom. The third-order valence-corrected chi connectivity index (χ3v) is 6.48. The predicted molar refractivity (Wildman–Crippen MR) is 117 cm³/mol. The van der Waals surface area contributed by atoms with Gasteiger partial charge in [-0.1, -0.05) is 32.9 Å². The van der Waals surface area contributed by atoms with E-state index >= 15 is 0 Å². The molecule has 2 heterocycles. The highest BCUT2D eigenvalue weighted by atomic mass is 32.1. The maximum atomic E-state index is 12.5. The van der Waals surface area contributed by atoms with Gasteiger partial charge in [0.2, 0.25) is 5.91 Å². The molecular formula is C21H25N3O2S2. The first kappa shape index (κ1) is 20.5. The van der Waals surface area contributed by atoms with Crippen LogP contribution >= 0.6 is 22.7 Å². The first-order valence-corrected chi connectivity index (χ1v) is 10.9. The molecule has 0 bridgehead atoms. The van der Waals surface area contributed by atoms with E-state index < -0.39 is 5.41 Å². The molecule has 0 unspecified atom stereocenters. The molecule has 148 valence electrons. The minimum atomic E-state index is -0.471. The number of carbonyl (C=O) groups excluding carboxylic acids is 2. The van der Waals surface area contributed by atoms with Crippen molar-refractivity contribution in [3.05, 3.63) is 45.8 Å². The Morgan fingerprint density at radius 3 is 2.61 bits per heavy atom. The third-order valence-electron chi connectivity index (χ3n) is 4.23. The molecule has 0 saturated heterocycles. The van der Waals surface area contributed by atoms with Crippen molar-refractivity contribution in [2.75, 3.05) is 11.9 Å². The van der Waals surface area contributed by atoms with Crippen LogP contribution < -0.4 is 10.6 Å². The topological polar surface area (TPSA) is 71.1 Å². The quantitative estimate of drug-likeness (QED) is 0.556. The fourth-order valence-corrected chi connectivity index (χ4v) is 4.61. The molecule has 3 rings (SSSR count). The molecule has 0 radical (unpaired) electrons. The standard InChI is InChI=1S/C21H25N3O2S2/c1-13-12-17(24-20(26)21(2,3)4)28-18(13)19(25)22-11-7-10-16-23-14-8-5-6-9-15(14)27-16/h5-6,8-9,12H,7,10-11H2,1-4H3,(H,22,25)(H,24,26). The fraction of sp³-hybridized carbons (Fsp3) is 0.381. The van der Waals surface area contributed by atoms with Crippen LogP contribution in [0.4, 0.5) is 5.00 Å².